The predicted molar refractivity (Wildman–Crippen MR) is 78.5 cm³/mol. The molecule has 1 amide bonds. The molecule has 1 aromatic carbocycles. The Morgan fingerprint density at radius 2 is 2.22 bits per heavy atom. The van der Waals surface area contributed by atoms with Gasteiger partial charge in [0.2, 0.25) is 0 Å². The van der Waals surface area contributed by atoms with Crippen molar-refractivity contribution in [3.05, 3.63) is 33.3 Å². The summed E-state index contributed by atoms with van der Waals surface area (Å²) in [6.45, 7) is 0.766. The van der Waals surface area contributed by atoms with Crippen LogP contribution in [0.3, 0.4) is 0 Å². The Bertz CT molecular complexity index is 453. The highest BCUT2D eigenvalue weighted by Gasteiger charge is 2.27. The van der Waals surface area contributed by atoms with E-state index in [1.165, 1.54) is 0 Å². The smallest absolute Gasteiger partial charge is 0.255 e. The molecule has 0 bridgehead atoms. The summed E-state index contributed by atoms with van der Waals surface area (Å²) >= 11 is 15.4. The van der Waals surface area contributed by atoms with E-state index in [9.17, 15) is 4.79 Å². The molecular weight excluding hydrogens is 337 g/mol. The minimum Gasteiger partial charge on any atom is -0.334 e. The van der Waals surface area contributed by atoms with Gasteiger partial charge in [-0.2, -0.15) is 0 Å². The van der Waals surface area contributed by atoms with E-state index in [4.69, 9.17) is 23.2 Å². The lowest BCUT2D eigenvalue weighted by Crippen LogP contribution is -2.44. The molecule has 0 spiro atoms. The van der Waals surface area contributed by atoms with E-state index in [1.807, 2.05) is 11.0 Å². The molecule has 18 heavy (non-hydrogen) atoms. The summed E-state index contributed by atoms with van der Waals surface area (Å²) < 4.78 is 0.872. The van der Waals surface area contributed by atoms with Crippen LogP contribution in [0.15, 0.2) is 22.7 Å². The van der Waals surface area contributed by atoms with E-state index < -0.39 is 0 Å². The first-order valence-corrected chi connectivity index (χ1v) is 7.66. The van der Waals surface area contributed by atoms with Crippen LogP contribution in [0, 0.1) is 0 Å². The quantitative estimate of drug-likeness (QED) is 0.726. The zero-order valence-corrected chi connectivity index (χ0v) is 12.9. The van der Waals surface area contributed by atoms with Gasteiger partial charge in [-0.25, -0.2) is 0 Å². The van der Waals surface area contributed by atoms with E-state index in [0.29, 0.717) is 16.5 Å². The van der Waals surface area contributed by atoms with Gasteiger partial charge in [-0.05, 0) is 37.5 Å². The van der Waals surface area contributed by atoms with Crippen LogP contribution in [0.2, 0.25) is 5.02 Å². The lowest BCUT2D eigenvalue weighted by molar-refractivity contribution is 0.0639. The average molecular weight is 351 g/mol. The van der Waals surface area contributed by atoms with Crippen molar-refractivity contribution in [2.24, 2.45) is 0 Å². The molecule has 0 radical (unpaired) electrons. The lowest BCUT2D eigenvalue weighted by atomic mass is 10.0. The maximum Gasteiger partial charge on any atom is 0.255 e. The van der Waals surface area contributed by atoms with Gasteiger partial charge in [0.15, 0.2) is 0 Å². The van der Waals surface area contributed by atoms with Crippen LogP contribution in [-0.2, 0) is 0 Å². The number of hydrogen-bond acceptors (Lipinski definition) is 1. The van der Waals surface area contributed by atoms with Crippen LogP contribution >= 0.6 is 39.1 Å². The molecule has 0 aromatic heterocycles. The summed E-state index contributed by atoms with van der Waals surface area (Å²) in [4.78, 5) is 14.3. The molecule has 1 aliphatic rings. The number of likely N-dealkylation sites (tertiary alicyclic amines) is 1. The number of halogens is 3. The van der Waals surface area contributed by atoms with E-state index in [-0.39, 0.29) is 11.9 Å². The number of carbonyl (C=O) groups excluding carboxylic acids is 1. The van der Waals surface area contributed by atoms with Crippen LogP contribution in [-0.4, -0.2) is 29.3 Å². The van der Waals surface area contributed by atoms with Gasteiger partial charge in [-0.3, -0.25) is 4.79 Å². The topological polar surface area (TPSA) is 20.3 Å². The van der Waals surface area contributed by atoms with E-state index in [2.05, 4.69) is 15.9 Å². The normalized spacial score (nSPS) is 19.9. The number of hydrogen-bond donors (Lipinski definition) is 0. The predicted octanol–water partition coefficient (Wildman–Crippen LogP) is 4.34. The Labute approximate surface area is 125 Å². The van der Waals surface area contributed by atoms with Gasteiger partial charge >= 0.3 is 0 Å². The zero-order valence-electron chi connectivity index (χ0n) is 9.83. The molecule has 1 heterocycles. The minimum absolute atomic E-state index is 0.0159. The number of benzene rings is 1. The number of amides is 1. The first-order valence-electron chi connectivity index (χ1n) is 5.95. The van der Waals surface area contributed by atoms with Gasteiger partial charge in [0.25, 0.3) is 5.91 Å². The van der Waals surface area contributed by atoms with Crippen LogP contribution in [0.4, 0.5) is 0 Å². The second kappa shape index (κ2) is 6.27. The van der Waals surface area contributed by atoms with E-state index in [0.717, 1.165) is 30.3 Å². The second-order valence-electron chi connectivity index (χ2n) is 4.43. The highest BCUT2D eigenvalue weighted by Crippen LogP contribution is 2.26. The van der Waals surface area contributed by atoms with Gasteiger partial charge in [0.1, 0.15) is 0 Å². The maximum atomic E-state index is 12.5. The first kappa shape index (κ1) is 14.2. The number of rotatable bonds is 2. The SMILES string of the molecule is O=C(c1ccc(Br)cc1Cl)N1CCCCC1CCl. The van der Waals surface area contributed by atoms with Crippen molar-refractivity contribution < 1.29 is 4.79 Å². The second-order valence-corrected chi connectivity index (χ2v) is 6.06. The van der Waals surface area contributed by atoms with Crippen molar-refractivity contribution in [1.29, 1.82) is 0 Å². The molecule has 1 fully saturated rings. The fourth-order valence-electron chi connectivity index (χ4n) is 2.25. The molecule has 5 heteroatoms. The summed E-state index contributed by atoms with van der Waals surface area (Å²) in [6.07, 6.45) is 3.14. The van der Waals surface area contributed by atoms with Gasteiger partial charge in [0, 0.05) is 22.9 Å². The standard InChI is InChI=1S/C13H14BrCl2NO/c14-9-4-5-11(12(16)7-9)13(18)17-6-2-1-3-10(17)8-15/h4-5,7,10H,1-3,6,8H2. The summed E-state index contributed by atoms with van der Waals surface area (Å²) in [7, 11) is 0. The third-order valence-electron chi connectivity index (χ3n) is 3.23. The number of carbonyl (C=O) groups is 1. The molecule has 0 saturated carbocycles. The molecule has 2 rings (SSSR count). The summed E-state index contributed by atoms with van der Waals surface area (Å²) in [5.74, 6) is 0.470. The van der Waals surface area contributed by atoms with Crippen molar-refractivity contribution >= 4 is 45.0 Å². The Morgan fingerprint density at radius 3 is 2.89 bits per heavy atom. The molecule has 1 saturated heterocycles. The molecule has 2 nitrogen and oxygen atoms in total. The largest absolute Gasteiger partial charge is 0.334 e. The third kappa shape index (κ3) is 3.01. The Balaban J connectivity index is 2.24. The van der Waals surface area contributed by atoms with Crippen molar-refractivity contribution in [3.63, 3.8) is 0 Å². The third-order valence-corrected chi connectivity index (χ3v) is 4.39. The van der Waals surface area contributed by atoms with Gasteiger partial charge in [0.05, 0.1) is 10.6 Å². The molecule has 1 aromatic rings. The Hall–Kier alpha value is -0.250. The zero-order chi connectivity index (χ0) is 13.1. The first-order chi connectivity index (χ1) is 8.63. The fourth-order valence-corrected chi connectivity index (χ4v) is 3.32. The number of nitrogens with zero attached hydrogens (tertiary/aromatic N) is 1. The molecule has 0 aliphatic carbocycles. The molecule has 1 atom stereocenters. The van der Waals surface area contributed by atoms with Crippen LogP contribution in [0.25, 0.3) is 0 Å². The Morgan fingerprint density at radius 1 is 1.44 bits per heavy atom. The molecule has 98 valence electrons. The van der Waals surface area contributed by atoms with Crippen LogP contribution < -0.4 is 0 Å². The summed E-state index contributed by atoms with van der Waals surface area (Å²) in [6, 6.07) is 5.47. The Kier molecular flexibility index (Phi) is 4.93. The van der Waals surface area contributed by atoms with Crippen molar-refractivity contribution in [1.82, 2.24) is 4.90 Å². The minimum atomic E-state index is -0.0159. The van der Waals surface area contributed by atoms with Gasteiger partial charge in [-0.15, -0.1) is 11.6 Å². The fraction of sp³-hybridized carbons (Fsp3) is 0.462. The van der Waals surface area contributed by atoms with Gasteiger partial charge in [-0.1, -0.05) is 27.5 Å². The van der Waals surface area contributed by atoms with Crippen LogP contribution in [0.1, 0.15) is 29.6 Å². The monoisotopic (exact) mass is 349 g/mol. The number of piperidine rings is 1. The van der Waals surface area contributed by atoms with Crippen LogP contribution in [0.5, 0.6) is 0 Å². The highest BCUT2D eigenvalue weighted by molar-refractivity contribution is 9.10. The average Bonchev–Trinajstić information content (AvgIpc) is 2.38. The molecular formula is C13H14BrCl2NO. The van der Waals surface area contributed by atoms with E-state index in [1.54, 1.807) is 12.1 Å². The van der Waals surface area contributed by atoms with Crippen molar-refractivity contribution in [2.75, 3.05) is 12.4 Å². The summed E-state index contributed by atoms with van der Waals surface area (Å²) in [5, 5.41) is 0.480. The van der Waals surface area contributed by atoms with Crippen molar-refractivity contribution in [2.45, 2.75) is 25.3 Å². The highest BCUT2D eigenvalue weighted by atomic mass is 79.9. The summed E-state index contributed by atoms with van der Waals surface area (Å²) in [5.41, 5.74) is 0.553. The molecule has 1 unspecified atom stereocenters. The van der Waals surface area contributed by atoms with Gasteiger partial charge < -0.3 is 4.90 Å². The lowest BCUT2D eigenvalue weighted by Gasteiger charge is -2.34. The molecule has 1 aliphatic heterocycles. The van der Waals surface area contributed by atoms with Crippen molar-refractivity contribution in [3.8, 4) is 0 Å². The van der Waals surface area contributed by atoms with E-state index >= 15 is 0 Å². The maximum absolute atomic E-state index is 12.5. The number of alkyl halides is 1. The molecule has 0 N–H and O–H groups in total.